The van der Waals surface area contributed by atoms with E-state index in [0.717, 1.165) is 16.6 Å². The van der Waals surface area contributed by atoms with Crippen molar-refractivity contribution >= 4 is 28.3 Å². The molecule has 0 aliphatic carbocycles. The summed E-state index contributed by atoms with van der Waals surface area (Å²) in [6.45, 7) is 10.5. The number of nitrogen functional groups attached to an aromatic ring is 1. The number of anilines is 2. The lowest BCUT2D eigenvalue weighted by Crippen LogP contribution is -2.44. The number of H-pyrrole nitrogens is 1. The van der Waals surface area contributed by atoms with Crippen LogP contribution in [0.2, 0.25) is 0 Å². The average Bonchev–Trinajstić information content (AvgIpc) is 2.99. The van der Waals surface area contributed by atoms with Gasteiger partial charge in [-0.15, -0.1) is 0 Å². The van der Waals surface area contributed by atoms with Gasteiger partial charge in [-0.1, -0.05) is 45.9 Å². The second kappa shape index (κ2) is 8.83. The highest BCUT2D eigenvalue weighted by molar-refractivity contribution is 5.96. The number of rotatable bonds is 7. The molecular formula is C23H31N5O3. The number of benzene rings is 1. The Hall–Kier alpha value is -3.29. The lowest BCUT2D eigenvalue weighted by molar-refractivity contribution is -0.119. The number of nitrogens with one attached hydrogen (secondary N) is 1. The molecule has 0 radical (unpaired) electrons. The van der Waals surface area contributed by atoms with Crippen LogP contribution in [0.1, 0.15) is 33.4 Å². The summed E-state index contributed by atoms with van der Waals surface area (Å²) >= 11 is 0. The van der Waals surface area contributed by atoms with Crippen LogP contribution in [-0.2, 0) is 17.9 Å². The van der Waals surface area contributed by atoms with Crippen molar-refractivity contribution < 1.29 is 4.79 Å². The SMILES string of the molecule is Cc1cc2ccccc2n1CC(=O)N(CC(C)C)c1c(N)n(CC(C)C)c(=O)[nH]c1=O. The summed E-state index contributed by atoms with van der Waals surface area (Å²) in [4.78, 5) is 42.3. The average molecular weight is 426 g/mol. The van der Waals surface area contributed by atoms with Gasteiger partial charge in [-0.05, 0) is 36.3 Å². The first kappa shape index (κ1) is 22.4. The summed E-state index contributed by atoms with van der Waals surface area (Å²) in [5.41, 5.74) is 7.00. The number of aromatic nitrogens is 3. The fourth-order valence-corrected chi connectivity index (χ4v) is 3.85. The Morgan fingerprint density at radius 1 is 1.10 bits per heavy atom. The Labute approximate surface area is 181 Å². The van der Waals surface area contributed by atoms with E-state index in [9.17, 15) is 14.4 Å². The van der Waals surface area contributed by atoms with Gasteiger partial charge in [-0.25, -0.2) is 4.79 Å². The maximum Gasteiger partial charge on any atom is 0.330 e. The van der Waals surface area contributed by atoms with Crippen LogP contribution in [0.4, 0.5) is 11.5 Å². The van der Waals surface area contributed by atoms with Gasteiger partial charge in [0.2, 0.25) is 5.91 Å². The predicted octanol–water partition coefficient (Wildman–Crippen LogP) is 2.73. The molecule has 3 N–H and O–H groups in total. The first-order valence-electron chi connectivity index (χ1n) is 10.6. The fourth-order valence-electron chi connectivity index (χ4n) is 3.85. The molecule has 166 valence electrons. The molecule has 0 fully saturated rings. The lowest BCUT2D eigenvalue weighted by atomic mass is 10.2. The van der Waals surface area contributed by atoms with Crippen molar-refractivity contribution in [2.24, 2.45) is 11.8 Å². The Balaban J connectivity index is 2.08. The van der Waals surface area contributed by atoms with Gasteiger partial charge < -0.3 is 15.2 Å². The standard InChI is InChI=1S/C23H31N5O3/c1-14(2)11-27(20-21(24)28(12-15(3)4)23(31)25-22(20)30)19(29)13-26-16(5)10-17-8-6-7-9-18(17)26/h6-10,14-15H,11-13,24H2,1-5H3,(H,25,30,31). The molecule has 0 atom stereocenters. The Morgan fingerprint density at radius 2 is 1.77 bits per heavy atom. The molecule has 1 aromatic carbocycles. The third kappa shape index (κ3) is 4.57. The van der Waals surface area contributed by atoms with Crippen LogP contribution >= 0.6 is 0 Å². The summed E-state index contributed by atoms with van der Waals surface area (Å²) in [6, 6.07) is 9.88. The van der Waals surface area contributed by atoms with Gasteiger partial charge >= 0.3 is 5.69 Å². The molecule has 1 amide bonds. The zero-order valence-electron chi connectivity index (χ0n) is 18.8. The number of carbonyl (C=O) groups is 1. The van der Waals surface area contributed by atoms with E-state index in [-0.39, 0.29) is 35.8 Å². The third-order valence-electron chi connectivity index (χ3n) is 5.19. The van der Waals surface area contributed by atoms with Crippen molar-refractivity contribution in [2.75, 3.05) is 17.2 Å². The van der Waals surface area contributed by atoms with Crippen molar-refractivity contribution in [3.05, 3.63) is 56.9 Å². The molecule has 0 saturated carbocycles. The molecule has 3 aromatic rings. The third-order valence-corrected chi connectivity index (χ3v) is 5.19. The Kier molecular flexibility index (Phi) is 6.38. The number of fused-ring (bicyclic) bond motifs is 1. The molecule has 2 aromatic heterocycles. The molecule has 2 heterocycles. The zero-order chi connectivity index (χ0) is 22.9. The van der Waals surface area contributed by atoms with Gasteiger partial charge in [0.05, 0.1) is 0 Å². The Morgan fingerprint density at radius 3 is 2.42 bits per heavy atom. The zero-order valence-corrected chi connectivity index (χ0v) is 18.8. The topological polar surface area (TPSA) is 106 Å². The number of nitrogens with zero attached hydrogens (tertiary/aromatic N) is 3. The molecule has 0 aliphatic rings. The highest BCUT2D eigenvalue weighted by Crippen LogP contribution is 2.23. The second-order valence-electron chi connectivity index (χ2n) is 8.83. The number of nitrogens with two attached hydrogens (primary N) is 1. The number of hydrogen-bond acceptors (Lipinski definition) is 4. The van der Waals surface area contributed by atoms with E-state index in [1.54, 1.807) is 0 Å². The monoisotopic (exact) mass is 425 g/mol. The van der Waals surface area contributed by atoms with Gasteiger partial charge in [0.15, 0.2) is 5.69 Å². The van der Waals surface area contributed by atoms with E-state index in [2.05, 4.69) is 4.98 Å². The van der Waals surface area contributed by atoms with Crippen molar-refractivity contribution in [3.8, 4) is 0 Å². The summed E-state index contributed by atoms with van der Waals surface area (Å²) in [5.74, 6) is -0.00624. The molecule has 0 aliphatic heterocycles. The molecule has 8 nitrogen and oxygen atoms in total. The molecule has 0 saturated heterocycles. The first-order valence-corrected chi connectivity index (χ1v) is 10.6. The summed E-state index contributed by atoms with van der Waals surface area (Å²) < 4.78 is 3.26. The van der Waals surface area contributed by atoms with E-state index < -0.39 is 11.2 Å². The van der Waals surface area contributed by atoms with E-state index in [0.29, 0.717) is 13.1 Å². The quantitative estimate of drug-likeness (QED) is 0.607. The van der Waals surface area contributed by atoms with Crippen LogP contribution < -0.4 is 21.9 Å². The number of aromatic amines is 1. The van der Waals surface area contributed by atoms with Gasteiger partial charge in [-0.2, -0.15) is 0 Å². The van der Waals surface area contributed by atoms with Gasteiger partial charge in [-0.3, -0.25) is 19.1 Å². The summed E-state index contributed by atoms with van der Waals surface area (Å²) in [5, 5.41) is 1.05. The first-order chi connectivity index (χ1) is 14.6. The van der Waals surface area contributed by atoms with Crippen LogP contribution in [-0.4, -0.2) is 26.6 Å². The highest BCUT2D eigenvalue weighted by atomic mass is 16.2. The maximum absolute atomic E-state index is 13.5. The smallest absolute Gasteiger partial charge is 0.330 e. The molecule has 0 unspecified atom stereocenters. The Bertz CT molecular complexity index is 1220. The fraction of sp³-hybridized carbons (Fsp3) is 0.435. The van der Waals surface area contributed by atoms with Crippen molar-refractivity contribution in [1.82, 2.24) is 14.1 Å². The number of para-hydroxylation sites is 1. The van der Waals surface area contributed by atoms with Gasteiger partial charge in [0.25, 0.3) is 5.56 Å². The number of amides is 1. The van der Waals surface area contributed by atoms with Crippen LogP contribution in [0.15, 0.2) is 39.9 Å². The van der Waals surface area contributed by atoms with Crippen molar-refractivity contribution in [1.29, 1.82) is 0 Å². The van der Waals surface area contributed by atoms with Crippen LogP contribution in [0.3, 0.4) is 0 Å². The predicted molar refractivity (Wildman–Crippen MR) is 124 cm³/mol. The molecule has 3 rings (SSSR count). The van der Waals surface area contributed by atoms with Gasteiger partial charge in [0.1, 0.15) is 12.4 Å². The van der Waals surface area contributed by atoms with E-state index in [1.165, 1.54) is 9.47 Å². The normalized spacial score (nSPS) is 11.6. The molecule has 31 heavy (non-hydrogen) atoms. The van der Waals surface area contributed by atoms with Crippen LogP contribution in [0.25, 0.3) is 10.9 Å². The van der Waals surface area contributed by atoms with Gasteiger partial charge in [0, 0.05) is 24.3 Å². The number of carbonyl (C=O) groups excluding carboxylic acids is 1. The minimum absolute atomic E-state index is 0.0190. The van der Waals surface area contributed by atoms with Crippen molar-refractivity contribution in [2.45, 2.75) is 47.7 Å². The lowest BCUT2D eigenvalue weighted by Gasteiger charge is -2.27. The summed E-state index contributed by atoms with van der Waals surface area (Å²) in [7, 11) is 0. The van der Waals surface area contributed by atoms with Crippen LogP contribution in [0, 0.1) is 18.8 Å². The maximum atomic E-state index is 13.5. The molecule has 8 heteroatoms. The second-order valence-corrected chi connectivity index (χ2v) is 8.83. The van der Waals surface area contributed by atoms with E-state index in [4.69, 9.17) is 5.73 Å². The van der Waals surface area contributed by atoms with Crippen molar-refractivity contribution in [3.63, 3.8) is 0 Å². The molecular weight excluding hydrogens is 394 g/mol. The van der Waals surface area contributed by atoms with E-state index in [1.807, 2.05) is 69.5 Å². The molecule has 0 bridgehead atoms. The largest absolute Gasteiger partial charge is 0.383 e. The van der Waals surface area contributed by atoms with Crippen LogP contribution in [0.5, 0.6) is 0 Å². The number of aryl methyl sites for hydroxylation is 1. The number of hydrogen-bond donors (Lipinski definition) is 2. The highest BCUT2D eigenvalue weighted by Gasteiger charge is 2.26. The summed E-state index contributed by atoms with van der Waals surface area (Å²) in [6.07, 6.45) is 0. The van der Waals surface area contributed by atoms with E-state index >= 15 is 0 Å². The molecule has 0 spiro atoms. The minimum Gasteiger partial charge on any atom is -0.383 e. The minimum atomic E-state index is -0.648.